The van der Waals surface area contributed by atoms with E-state index in [0.29, 0.717) is 30.6 Å². The zero-order valence-electron chi connectivity index (χ0n) is 13.4. The molecular weight excluding hydrogens is 294 g/mol. The minimum Gasteiger partial charge on any atom is -0.497 e. The summed E-state index contributed by atoms with van der Waals surface area (Å²) in [6.45, 7) is 5.37. The largest absolute Gasteiger partial charge is 0.497 e. The second-order valence-corrected chi connectivity index (χ2v) is 5.68. The van der Waals surface area contributed by atoms with Gasteiger partial charge < -0.3 is 18.8 Å². The summed E-state index contributed by atoms with van der Waals surface area (Å²) in [5, 5.41) is 9.37. The number of hydrogen-bond acceptors (Lipinski definition) is 6. The molecule has 2 aromatic rings. The highest BCUT2D eigenvalue weighted by molar-refractivity contribution is 5.60. The lowest BCUT2D eigenvalue weighted by Gasteiger charge is -2.34. The van der Waals surface area contributed by atoms with Gasteiger partial charge in [0.1, 0.15) is 11.8 Å². The maximum Gasteiger partial charge on any atom is 0.235 e. The van der Waals surface area contributed by atoms with Crippen molar-refractivity contribution in [2.75, 3.05) is 25.1 Å². The molecule has 1 aromatic carbocycles. The number of ether oxygens (including phenoxy) is 2. The number of nitrogens with zero attached hydrogens (tertiary/aromatic N) is 3. The number of morpholine rings is 1. The number of aromatic nitrogens is 1. The van der Waals surface area contributed by atoms with Crippen LogP contribution in [0.4, 0.5) is 5.88 Å². The Bertz CT molecular complexity index is 708. The molecule has 0 spiro atoms. The Morgan fingerprint density at radius 3 is 2.43 bits per heavy atom. The van der Waals surface area contributed by atoms with Crippen LogP contribution < -0.4 is 9.64 Å². The predicted octanol–water partition coefficient (Wildman–Crippen LogP) is 2.84. The number of nitriles is 1. The first-order chi connectivity index (χ1) is 11.1. The fraction of sp³-hybridized carbons (Fsp3) is 0.412. The van der Waals surface area contributed by atoms with Crippen LogP contribution in [0.1, 0.15) is 19.5 Å². The summed E-state index contributed by atoms with van der Waals surface area (Å²) in [5.41, 5.74) is 1.11. The Labute approximate surface area is 135 Å². The minimum atomic E-state index is 0.0832. The van der Waals surface area contributed by atoms with Gasteiger partial charge >= 0.3 is 0 Å². The lowest BCUT2D eigenvalue weighted by Crippen LogP contribution is -2.45. The van der Waals surface area contributed by atoms with Gasteiger partial charge in [0.15, 0.2) is 0 Å². The van der Waals surface area contributed by atoms with Gasteiger partial charge in [-0.05, 0) is 38.1 Å². The number of anilines is 1. The third-order valence-electron chi connectivity index (χ3n) is 3.76. The maximum atomic E-state index is 9.37. The average molecular weight is 313 g/mol. The molecule has 6 heteroatoms. The summed E-state index contributed by atoms with van der Waals surface area (Å²) in [7, 11) is 1.62. The molecule has 2 atom stereocenters. The first kappa shape index (κ1) is 15.4. The molecule has 1 fully saturated rings. The Hall–Kier alpha value is -2.52. The van der Waals surface area contributed by atoms with Crippen LogP contribution in [0.25, 0.3) is 11.5 Å². The van der Waals surface area contributed by atoms with Crippen LogP contribution in [-0.4, -0.2) is 37.4 Å². The van der Waals surface area contributed by atoms with Crippen molar-refractivity contribution in [3.05, 3.63) is 30.0 Å². The van der Waals surface area contributed by atoms with Crippen molar-refractivity contribution in [3.63, 3.8) is 0 Å². The van der Waals surface area contributed by atoms with E-state index in [1.54, 1.807) is 7.11 Å². The molecule has 3 rings (SSSR count). The molecule has 0 unspecified atom stereocenters. The van der Waals surface area contributed by atoms with Crippen LogP contribution in [0.2, 0.25) is 0 Å². The molecular formula is C17H19N3O3. The van der Waals surface area contributed by atoms with Crippen molar-refractivity contribution in [1.29, 1.82) is 5.26 Å². The fourth-order valence-corrected chi connectivity index (χ4v) is 2.80. The number of methoxy groups -OCH3 is 1. The summed E-state index contributed by atoms with van der Waals surface area (Å²) in [4.78, 5) is 6.35. The molecule has 0 aliphatic carbocycles. The zero-order valence-corrected chi connectivity index (χ0v) is 13.4. The van der Waals surface area contributed by atoms with E-state index in [9.17, 15) is 5.26 Å². The number of oxazole rings is 1. The van der Waals surface area contributed by atoms with Gasteiger partial charge in [0.25, 0.3) is 0 Å². The lowest BCUT2D eigenvalue weighted by atomic mass is 10.2. The van der Waals surface area contributed by atoms with Crippen LogP contribution >= 0.6 is 0 Å². The molecule has 120 valence electrons. The Morgan fingerprint density at radius 2 is 1.87 bits per heavy atom. The highest BCUT2D eigenvalue weighted by atomic mass is 16.5. The topological polar surface area (TPSA) is 71.5 Å². The van der Waals surface area contributed by atoms with Crippen molar-refractivity contribution in [1.82, 2.24) is 4.98 Å². The van der Waals surface area contributed by atoms with Gasteiger partial charge in [-0.1, -0.05) is 0 Å². The van der Waals surface area contributed by atoms with Crippen molar-refractivity contribution < 1.29 is 13.9 Å². The number of rotatable bonds is 3. The van der Waals surface area contributed by atoms with Gasteiger partial charge in [-0.25, -0.2) is 0 Å². The van der Waals surface area contributed by atoms with E-state index in [0.717, 1.165) is 11.3 Å². The second kappa shape index (κ2) is 6.31. The number of hydrogen-bond donors (Lipinski definition) is 0. The van der Waals surface area contributed by atoms with Gasteiger partial charge in [0.05, 0.1) is 19.3 Å². The molecule has 0 saturated carbocycles. The van der Waals surface area contributed by atoms with Crippen LogP contribution in [0.15, 0.2) is 28.7 Å². The monoisotopic (exact) mass is 313 g/mol. The van der Waals surface area contributed by atoms with Gasteiger partial charge in [0.2, 0.25) is 17.5 Å². The van der Waals surface area contributed by atoms with Gasteiger partial charge in [-0.2, -0.15) is 10.2 Å². The molecule has 23 heavy (non-hydrogen) atoms. The third kappa shape index (κ3) is 3.15. The highest BCUT2D eigenvalue weighted by Gasteiger charge is 2.28. The summed E-state index contributed by atoms with van der Waals surface area (Å²) in [6.07, 6.45) is 0.166. The Morgan fingerprint density at radius 1 is 1.22 bits per heavy atom. The SMILES string of the molecule is COc1ccc(-c2nc(C#N)c(N3C[C@H](C)O[C@@H](C)C3)o2)cc1. The lowest BCUT2D eigenvalue weighted by molar-refractivity contribution is -0.00638. The first-order valence-electron chi connectivity index (χ1n) is 7.56. The van der Waals surface area contributed by atoms with Crippen molar-refractivity contribution in [3.8, 4) is 23.3 Å². The van der Waals surface area contributed by atoms with E-state index in [4.69, 9.17) is 13.9 Å². The number of benzene rings is 1. The van der Waals surface area contributed by atoms with Crippen LogP contribution in [-0.2, 0) is 4.74 Å². The van der Waals surface area contributed by atoms with Crippen molar-refractivity contribution in [2.45, 2.75) is 26.1 Å². The van der Waals surface area contributed by atoms with E-state index in [1.165, 1.54) is 0 Å². The van der Waals surface area contributed by atoms with Crippen LogP contribution in [0.3, 0.4) is 0 Å². The standard InChI is InChI=1S/C17H19N3O3/c1-11-9-20(10-12(2)22-11)17-15(8-18)19-16(23-17)13-4-6-14(21-3)7-5-13/h4-7,11-12H,9-10H2,1-3H3/t11-,12-/m0/s1. The average Bonchev–Trinajstić information content (AvgIpc) is 2.98. The van der Waals surface area contributed by atoms with E-state index in [2.05, 4.69) is 11.1 Å². The summed E-state index contributed by atoms with van der Waals surface area (Å²) >= 11 is 0. The smallest absolute Gasteiger partial charge is 0.235 e. The van der Waals surface area contributed by atoms with Gasteiger partial charge in [0, 0.05) is 18.7 Å². The molecule has 1 aromatic heterocycles. The second-order valence-electron chi connectivity index (χ2n) is 5.68. The normalized spacial score (nSPS) is 21.0. The molecule has 1 aliphatic rings. The van der Waals surface area contributed by atoms with Gasteiger partial charge in [-0.3, -0.25) is 0 Å². The van der Waals surface area contributed by atoms with E-state index in [1.807, 2.05) is 43.0 Å². The van der Waals surface area contributed by atoms with E-state index in [-0.39, 0.29) is 12.2 Å². The maximum absolute atomic E-state index is 9.37. The molecule has 0 bridgehead atoms. The molecule has 0 radical (unpaired) electrons. The Balaban J connectivity index is 1.92. The molecule has 6 nitrogen and oxygen atoms in total. The van der Waals surface area contributed by atoms with Crippen molar-refractivity contribution >= 4 is 5.88 Å². The summed E-state index contributed by atoms with van der Waals surface area (Å²) in [5.74, 6) is 1.71. The first-order valence-corrected chi connectivity index (χ1v) is 7.56. The van der Waals surface area contributed by atoms with E-state index >= 15 is 0 Å². The van der Waals surface area contributed by atoms with Crippen LogP contribution in [0.5, 0.6) is 5.75 Å². The minimum absolute atomic E-state index is 0.0832. The molecule has 1 aliphatic heterocycles. The molecule has 1 saturated heterocycles. The molecule has 0 amide bonds. The van der Waals surface area contributed by atoms with Crippen LogP contribution in [0, 0.1) is 11.3 Å². The van der Waals surface area contributed by atoms with E-state index < -0.39 is 0 Å². The highest BCUT2D eigenvalue weighted by Crippen LogP contribution is 2.30. The fourth-order valence-electron chi connectivity index (χ4n) is 2.80. The quantitative estimate of drug-likeness (QED) is 0.867. The van der Waals surface area contributed by atoms with Crippen molar-refractivity contribution in [2.24, 2.45) is 0 Å². The summed E-state index contributed by atoms with van der Waals surface area (Å²) in [6, 6.07) is 9.52. The third-order valence-corrected chi connectivity index (χ3v) is 3.76. The zero-order chi connectivity index (χ0) is 16.4. The predicted molar refractivity (Wildman–Crippen MR) is 85.4 cm³/mol. The van der Waals surface area contributed by atoms with Gasteiger partial charge in [-0.15, -0.1) is 0 Å². The molecule has 2 heterocycles. The Kier molecular flexibility index (Phi) is 4.22. The summed E-state index contributed by atoms with van der Waals surface area (Å²) < 4.78 is 16.8. The molecule has 0 N–H and O–H groups in total.